The van der Waals surface area contributed by atoms with Crippen LogP contribution >= 0.6 is 39.1 Å². The lowest BCUT2D eigenvalue weighted by atomic mass is 10.3. The van der Waals surface area contributed by atoms with E-state index in [1.807, 2.05) is 18.2 Å². The van der Waals surface area contributed by atoms with Gasteiger partial charge in [-0.3, -0.25) is 0 Å². The van der Waals surface area contributed by atoms with E-state index in [2.05, 4.69) is 15.9 Å². The van der Waals surface area contributed by atoms with Gasteiger partial charge in [0, 0.05) is 5.02 Å². The van der Waals surface area contributed by atoms with Crippen molar-refractivity contribution in [2.75, 3.05) is 0 Å². The van der Waals surface area contributed by atoms with E-state index in [1.165, 1.54) is 0 Å². The fourth-order valence-corrected chi connectivity index (χ4v) is 2.14. The van der Waals surface area contributed by atoms with Crippen LogP contribution in [0.25, 0.3) is 0 Å². The third-order valence-electron chi connectivity index (χ3n) is 1.95. The average Bonchev–Trinajstić information content (AvgIpc) is 2.25. The summed E-state index contributed by atoms with van der Waals surface area (Å²) in [5, 5.41) is 1.22. The number of para-hydroxylation sites is 1. The highest BCUT2D eigenvalue weighted by Gasteiger charge is 2.05. The van der Waals surface area contributed by atoms with Crippen LogP contribution in [0, 0.1) is 0 Å². The molecule has 0 N–H and O–H groups in total. The monoisotopic (exact) mass is 316 g/mol. The molecule has 0 fully saturated rings. The predicted octanol–water partition coefficient (Wildman–Crippen LogP) is 5.55. The van der Waals surface area contributed by atoms with E-state index in [0.717, 1.165) is 4.47 Å². The van der Waals surface area contributed by atoms with Crippen LogP contribution < -0.4 is 4.74 Å². The van der Waals surface area contributed by atoms with Crippen LogP contribution in [-0.4, -0.2) is 0 Å². The van der Waals surface area contributed by atoms with Gasteiger partial charge < -0.3 is 4.74 Å². The molecule has 0 aliphatic rings. The Kier molecular flexibility index (Phi) is 3.74. The number of hydrogen-bond acceptors (Lipinski definition) is 1. The first-order valence-corrected chi connectivity index (χ1v) is 6.09. The Hall–Kier alpha value is -0.700. The van der Waals surface area contributed by atoms with Crippen LogP contribution in [0.3, 0.4) is 0 Å². The summed E-state index contributed by atoms with van der Waals surface area (Å²) in [4.78, 5) is 0. The summed E-state index contributed by atoms with van der Waals surface area (Å²) in [7, 11) is 0. The van der Waals surface area contributed by atoms with Crippen molar-refractivity contribution in [1.29, 1.82) is 0 Å². The summed E-state index contributed by atoms with van der Waals surface area (Å²) in [5.74, 6) is 1.30. The van der Waals surface area contributed by atoms with E-state index in [9.17, 15) is 0 Å². The maximum absolute atomic E-state index is 5.99. The fourth-order valence-electron chi connectivity index (χ4n) is 1.20. The van der Waals surface area contributed by atoms with Crippen LogP contribution in [0.5, 0.6) is 11.5 Å². The molecule has 1 nitrogen and oxygen atoms in total. The molecular formula is C12H7BrCl2O. The molecule has 0 saturated carbocycles. The Morgan fingerprint density at radius 3 is 2.38 bits per heavy atom. The van der Waals surface area contributed by atoms with Crippen molar-refractivity contribution in [1.82, 2.24) is 0 Å². The van der Waals surface area contributed by atoms with Crippen molar-refractivity contribution in [2.45, 2.75) is 0 Å². The molecule has 2 aromatic rings. The number of hydrogen-bond donors (Lipinski definition) is 0. The van der Waals surface area contributed by atoms with Gasteiger partial charge >= 0.3 is 0 Å². The molecule has 2 rings (SSSR count). The first kappa shape index (κ1) is 11.8. The summed E-state index contributed by atoms with van der Waals surface area (Å²) in [5.41, 5.74) is 0. The van der Waals surface area contributed by atoms with Gasteiger partial charge in [-0.1, -0.05) is 35.3 Å². The molecule has 0 spiro atoms. The van der Waals surface area contributed by atoms with Crippen LogP contribution in [0.4, 0.5) is 0 Å². The quantitative estimate of drug-likeness (QED) is 0.705. The minimum Gasteiger partial charge on any atom is -0.455 e. The van der Waals surface area contributed by atoms with Crippen molar-refractivity contribution in [3.05, 3.63) is 57.0 Å². The summed E-state index contributed by atoms with van der Waals surface area (Å²) >= 11 is 15.2. The smallest absolute Gasteiger partial charge is 0.146 e. The van der Waals surface area contributed by atoms with Crippen molar-refractivity contribution in [3.8, 4) is 11.5 Å². The van der Waals surface area contributed by atoms with E-state index in [-0.39, 0.29) is 0 Å². The van der Waals surface area contributed by atoms with Crippen molar-refractivity contribution in [3.63, 3.8) is 0 Å². The lowest BCUT2D eigenvalue weighted by Crippen LogP contribution is -1.86. The van der Waals surface area contributed by atoms with Gasteiger partial charge in [-0.05, 0) is 46.3 Å². The zero-order chi connectivity index (χ0) is 11.5. The minimum atomic E-state index is 0.573. The molecule has 0 radical (unpaired) electrons. The lowest BCUT2D eigenvalue weighted by molar-refractivity contribution is 0.480. The molecule has 4 heteroatoms. The van der Waals surface area contributed by atoms with Gasteiger partial charge in [0.1, 0.15) is 11.5 Å². The summed E-state index contributed by atoms with van der Waals surface area (Å²) in [6.07, 6.45) is 0. The molecule has 0 saturated heterocycles. The molecule has 0 aromatic heterocycles. The number of rotatable bonds is 2. The number of halogens is 3. The topological polar surface area (TPSA) is 9.23 Å². The molecule has 0 atom stereocenters. The minimum absolute atomic E-state index is 0.573. The van der Waals surface area contributed by atoms with Crippen LogP contribution in [-0.2, 0) is 0 Å². The molecule has 0 aliphatic carbocycles. The van der Waals surface area contributed by atoms with Crippen LogP contribution in [0.2, 0.25) is 10.0 Å². The van der Waals surface area contributed by atoms with Gasteiger partial charge in [0.15, 0.2) is 0 Å². The molecule has 0 aliphatic heterocycles. The molecule has 0 amide bonds. The van der Waals surface area contributed by atoms with Crippen LogP contribution in [0.15, 0.2) is 46.9 Å². The third kappa shape index (κ3) is 2.70. The Morgan fingerprint density at radius 1 is 0.938 bits per heavy atom. The summed E-state index contributed by atoms with van der Waals surface area (Å²) in [6, 6.07) is 12.6. The van der Waals surface area contributed by atoms with Gasteiger partial charge in [0.25, 0.3) is 0 Å². The van der Waals surface area contributed by atoms with Gasteiger partial charge in [-0.2, -0.15) is 0 Å². The molecule has 0 heterocycles. The molecule has 0 unspecified atom stereocenters. The summed E-state index contributed by atoms with van der Waals surface area (Å²) in [6.45, 7) is 0. The molecule has 82 valence electrons. The summed E-state index contributed by atoms with van der Waals surface area (Å²) < 4.78 is 6.45. The maximum atomic E-state index is 5.99. The van der Waals surface area contributed by atoms with Gasteiger partial charge in [-0.15, -0.1) is 0 Å². The first-order valence-electron chi connectivity index (χ1n) is 4.54. The standard InChI is InChI=1S/C12H7BrCl2O/c13-9-7-8(14)5-6-11(9)16-12-4-2-1-3-10(12)15/h1-7H. The predicted molar refractivity (Wildman–Crippen MR) is 70.7 cm³/mol. The zero-order valence-corrected chi connectivity index (χ0v) is 11.2. The number of ether oxygens (including phenoxy) is 1. The van der Waals surface area contributed by atoms with E-state index < -0.39 is 0 Å². The highest BCUT2D eigenvalue weighted by Crippen LogP contribution is 2.34. The van der Waals surface area contributed by atoms with E-state index in [1.54, 1.807) is 24.3 Å². The molecular weight excluding hydrogens is 311 g/mol. The van der Waals surface area contributed by atoms with E-state index >= 15 is 0 Å². The first-order chi connectivity index (χ1) is 7.66. The molecule has 0 bridgehead atoms. The Balaban J connectivity index is 2.31. The number of benzene rings is 2. The molecule has 2 aromatic carbocycles. The second-order valence-corrected chi connectivity index (χ2v) is 4.81. The molecule has 16 heavy (non-hydrogen) atoms. The highest BCUT2D eigenvalue weighted by molar-refractivity contribution is 9.10. The SMILES string of the molecule is Clc1ccc(Oc2ccccc2Cl)c(Br)c1. The Morgan fingerprint density at radius 2 is 1.69 bits per heavy atom. The van der Waals surface area contributed by atoms with Crippen molar-refractivity contribution >= 4 is 39.1 Å². The van der Waals surface area contributed by atoms with Crippen molar-refractivity contribution in [2.24, 2.45) is 0 Å². The normalized spacial score (nSPS) is 10.2. The second-order valence-electron chi connectivity index (χ2n) is 3.11. The van der Waals surface area contributed by atoms with Crippen molar-refractivity contribution < 1.29 is 4.74 Å². The average molecular weight is 318 g/mol. The van der Waals surface area contributed by atoms with E-state index in [0.29, 0.717) is 21.5 Å². The maximum Gasteiger partial charge on any atom is 0.146 e. The fraction of sp³-hybridized carbons (Fsp3) is 0. The third-order valence-corrected chi connectivity index (χ3v) is 3.12. The highest BCUT2D eigenvalue weighted by atomic mass is 79.9. The second kappa shape index (κ2) is 5.09. The van der Waals surface area contributed by atoms with E-state index in [4.69, 9.17) is 27.9 Å². The lowest BCUT2D eigenvalue weighted by Gasteiger charge is -2.09. The zero-order valence-electron chi connectivity index (χ0n) is 8.08. The Bertz CT molecular complexity index is 514. The largest absolute Gasteiger partial charge is 0.455 e. The van der Waals surface area contributed by atoms with Gasteiger partial charge in [0.2, 0.25) is 0 Å². The van der Waals surface area contributed by atoms with Gasteiger partial charge in [0.05, 0.1) is 9.50 Å². The Labute approximate surface area is 112 Å². The van der Waals surface area contributed by atoms with Crippen LogP contribution in [0.1, 0.15) is 0 Å². The van der Waals surface area contributed by atoms with Gasteiger partial charge in [-0.25, -0.2) is 0 Å².